The monoisotopic (exact) mass is 268 g/mol. The molecule has 2 aromatic heterocycles. The normalized spacial score (nSPS) is 10.9. The second-order valence-corrected chi connectivity index (χ2v) is 4.51. The number of methoxy groups -OCH3 is 1. The summed E-state index contributed by atoms with van der Waals surface area (Å²) in [7, 11) is 1.66. The highest BCUT2D eigenvalue weighted by molar-refractivity contribution is 5.82. The van der Waals surface area contributed by atoms with Crippen molar-refractivity contribution in [3.8, 4) is 17.1 Å². The number of nitrogen functional groups attached to an aromatic ring is 1. The van der Waals surface area contributed by atoms with Gasteiger partial charge in [-0.1, -0.05) is 0 Å². The summed E-state index contributed by atoms with van der Waals surface area (Å²) >= 11 is 0. The van der Waals surface area contributed by atoms with Crippen LogP contribution in [0.25, 0.3) is 22.4 Å². The van der Waals surface area contributed by atoms with Crippen molar-refractivity contribution in [2.45, 2.75) is 13.5 Å². The molecule has 0 bridgehead atoms. The van der Waals surface area contributed by atoms with Crippen LogP contribution in [0.5, 0.6) is 5.75 Å². The lowest BCUT2D eigenvalue weighted by Gasteiger charge is -2.06. The molecule has 0 atom stereocenters. The molecular weight excluding hydrogens is 252 g/mol. The van der Waals surface area contributed by atoms with Crippen molar-refractivity contribution >= 4 is 16.9 Å². The maximum Gasteiger partial charge on any atom is 0.142 e. The summed E-state index contributed by atoms with van der Waals surface area (Å²) in [5.74, 6) is 2.21. The zero-order valence-corrected chi connectivity index (χ0v) is 11.5. The van der Waals surface area contributed by atoms with Crippen molar-refractivity contribution in [1.29, 1.82) is 0 Å². The summed E-state index contributed by atoms with van der Waals surface area (Å²) in [5.41, 5.74) is 8.59. The number of pyridine rings is 1. The molecule has 102 valence electrons. The van der Waals surface area contributed by atoms with E-state index >= 15 is 0 Å². The quantitative estimate of drug-likeness (QED) is 0.793. The largest absolute Gasteiger partial charge is 0.497 e. The number of imidazole rings is 1. The van der Waals surface area contributed by atoms with E-state index in [1.807, 2.05) is 24.3 Å². The number of aromatic nitrogens is 3. The van der Waals surface area contributed by atoms with Crippen LogP contribution in [0.2, 0.25) is 0 Å². The van der Waals surface area contributed by atoms with E-state index in [1.54, 1.807) is 19.4 Å². The molecule has 0 spiro atoms. The number of anilines is 1. The van der Waals surface area contributed by atoms with Crippen molar-refractivity contribution in [3.63, 3.8) is 0 Å². The molecule has 0 amide bonds. The van der Waals surface area contributed by atoms with Crippen molar-refractivity contribution in [2.24, 2.45) is 0 Å². The molecule has 0 radical (unpaired) electrons. The number of nitrogens with zero attached hydrogens (tertiary/aromatic N) is 3. The third-order valence-electron chi connectivity index (χ3n) is 3.32. The number of fused-ring (bicyclic) bond motifs is 1. The van der Waals surface area contributed by atoms with E-state index in [4.69, 9.17) is 15.5 Å². The van der Waals surface area contributed by atoms with Crippen molar-refractivity contribution in [3.05, 3.63) is 36.5 Å². The minimum absolute atomic E-state index is 0.509. The van der Waals surface area contributed by atoms with Gasteiger partial charge in [-0.25, -0.2) is 9.97 Å². The molecule has 5 heteroatoms. The van der Waals surface area contributed by atoms with Gasteiger partial charge in [0, 0.05) is 24.4 Å². The van der Waals surface area contributed by atoms with Gasteiger partial charge in [-0.3, -0.25) is 0 Å². The maximum absolute atomic E-state index is 5.63. The molecule has 0 unspecified atom stereocenters. The van der Waals surface area contributed by atoms with Gasteiger partial charge in [0.15, 0.2) is 0 Å². The second kappa shape index (κ2) is 4.85. The number of hydrogen-bond donors (Lipinski definition) is 1. The van der Waals surface area contributed by atoms with E-state index in [1.165, 1.54) is 0 Å². The zero-order valence-electron chi connectivity index (χ0n) is 11.5. The lowest BCUT2D eigenvalue weighted by molar-refractivity contribution is 0.415. The van der Waals surface area contributed by atoms with E-state index in [-0.39, 0.29) is 0 Å². The summed E-state index contributed by atoms with van der Waals surface area (Å²) in [4.78, 5) is 8.83. The Morgan fingerprint density at radius 2 is 2.10 bits per heavy atom. The Hall–Kier alpha value is -2.56. The predicted molar refractivity (Wildman–Crippen MR) is 79.6 cm³/mol. The molecule has 0 aliphatic carbocycles. The van der Waals surface area contributed by atoms with Gasteiger partial charge in [-0.2, -0.15) is 0 Å². The Morgan fingerprint density at radius 3 is 2.75 bits per heavy atom. The van der Waals surface area contributed by atoms with Gasteiger partial charge in [0.05, 0.1) is 18.1 Å². The number of ether oxygens (including phenoxy) is 1. The summed E-state index contributed by atoms with van der Waals surface area (Å²) < 4.78 is 7.40. The number of hydrogen-bond acceptors (Lipinski definition) is 4. The Morgan fingerprint density at radius 1 is 1.25 bits per heavy atom. The standard InChI is InChI=1S/C15H16N4O/c1-3-19-13-6-5-11(20-2)8-12(13)18-15(19)10-4-7-14(16)17-9-10/h4-9H,3H2,1-2H3,(H2,16,17). The molecule has 0 aliphatic rings. The Balaban J connectivity index is 2.21. The van der Waals surface area contributed by atoms with E-state index in [0.29, 0.717) is 5.82 Å². The number of rotatable bonds is 3. The minimum atomic E-state index is 0.509. The summed E-state index contributed by atoms with van der Waals surface area (Å²) in [5, 5.41) is 0. The van der Waals surface area contributed by atoms with Gasteiger partial charge < -0.3 is 15.0 Å². The number of benzene rings is 1. The maximum atomic E-state index is 5.63. The molecule has 2 heterocycles. The van der Waals surface area contributed by atoms with Crippen LogP contribution < -0.4 is 10.5 Å². The van der Waals surface area contributed by atoms with Crippen LogP contribution >= 0.6 is 0 Å². The van der Waals surface area contributed by atoms with Crippen LogP contribution in [-0.4, -0.2) is 21.6 Å². The van der Waals surface area contributed by atoms with Gasteiger partial charge in [-0.05, 0) is 31.2 Å². The Labute approximate surface area is 117 Å². The fraction of sp³-hybridized carbons (Fsp3) is 0.200. The molecule has 0 saturated heterocycles. The van der Waals surface area contributed by atoms with E-state index in [9.17, 15) is 0 Å². The average molecular weight is 268 g/mol. The molecule has 5 nitrogen and oxygen atoms in total. The molecule has 3 rings (SSSR count). The molecule has 0 saturated carbocycles. The number of nitrogens with two attached hydrogens (primary N) is 1. The lowest BCUT2D eigenvalue weighted by atomic mass is 10.2. The lowest BCUT2D eigenvalue weighted by Crippen LogP contribution is -1.98. The Kier molecular flexibility index (Phi) is 3.02. The molecule has 3 aromatic rings. The third-order valence-corrected chi connectivity index (χ3v) is 3.32. The summed E-state index contributed by atoms with van der Waals surface area (Å²) in [6.07, 6.45) is 1.75. The fourth-order valence-electron chi connectivity index (χ4n) is 2.31. The summed E-state index contributed by atoms with van der Waals surface area (Å²) in [6, 6.07) is 9.64. The minimum Gasteiger partial charge on any atom is -0.497 e. The van der Waals surface area contributed by atoms with Crippen LogP contribution in [-0.2, 0) is 6.54 Å². The first-order valence-electron chi connectivity index (χ1n) is 6.49. The first-order valence-corrected chi connectivity index (χ1v) is 6.49. The predicted octanol–water partition coefficient (Wildman–Crippen LogP) is 2.71. The van der Waals surface area contributed by atoms with Crippen LogP contribution in [0.15, 0.2) is 36.5 Å². The van der Waals surface area contributed by atoms with Gasteiger partial charge in [0.25, 0.3) is 0 Å². The van der Waals surface area contributed by atoms with Crippen LogP contribution in [0.1, 0.15) is 6.92 Å². The van der Waals surface area contributed by atoms with Crippen LogP contribution in [0.4, 0.5) is 5.82 Å². The molecule has 0 aliphatic heterocycles. The van der Waals surface area contributed by atoms with Crippen molar-refractivity contribution in [1.82, 2.24) is 14.5 Å². The second-order valence-electron chi connectivity index (χ2n) is 4.51. The van der Waals surface area contributed by atoms with Gasteiger partial charge in [-0.15, -0.1) is 0 Å². The SMILES string of the molecule is CCn1c(-c2ccc(N)nc2)nc2cc(OC)ccc21. The van der Waals surface area contributed by atoms with Crippen molar-refractivity contribution in [2.75, 3.05) is 12.8 Å². The molecule has 1 aromatic carbocycles. The van der Waals surface area contributed by atoms with E-state index < -0.39 is 0 Å². The Bertz CT molecular complexity index is 746. The van der Waals surface area contributed by atoms with E-state index in [2.05, 4.69) is 16.5 Å². The van der Waals surface area contributed by atoms with Crippen molar-refractivity contribution < 1.29 is 4.74 Å². The van der Waals surface area contributed by atoms with E-state index in [0.717, 1.165) is 34.7 Å². The highest BCUT2D eigenvalue weighted by Crippen LogP contribution is 2.27. The average Bonchev–Trinajstić information content (AvgIpc) is 2.85. The van der Waals surface area contributed by atoms with Crippen LogP contribution in [0.3, 0.4) is 0 Å². The topological polar surface area (TPSA) is 66.0 Å². The highest BCUT2D eigenvalue weighted by atomic mass is 16.5. The van der Waals surface area contributed by atoms with Crippen LogP contribution in [0, 0.1) is 0 Å². The molecule has 2 N–H and O–H groups in total. The van der Waals surface area contributed by atoms with Gasteiger partial charge in [0.2, 0.25) is 0 Å². The highest BCUT2D eigenvalue weighted by Gasteiger charge is 2.12. The third kappa shape index (κ3) is 1.97. The molecule has 20 heavy (non-hydrogen) atoms. The molecule has 0 fully saturated rings. The summed E-state index contributed by atoms with van der Waals surface area (Å²) in [6.45, 7) is 2.93. The zero-order chi connectivity index (χ0) is 14.1. The first-order chi connectivity index (χ1) is 9.72. The number of aryl methyl sites for hydroxylation is 1. The first kappa shape index (κ1) is 12.5. The fourth-order valence-corrected chi connectivity index (χ4v) is 2.31. The van der Waals surface area contributed by atoms with Gasteiger partial charge >= 0.3 is 0 Å². The van der Waals surface area contributed by atoms with Gasteiger partial charge in [0.1, 0.15) is 17.4 Å². The smallest absolute Gasteiger partial charge is 0.142 e. The molecular formula is C15H16N4O.